The predicted octanol–water partition coefficient (Wildman–Crippen LogP) is 3.54. The van der Waals surface area contributed by atoms with E-state index in [1.165, 1.54) is 21.7 Å². The SMILES string of the molecule is CCOc1ccc(NC(=O)c2csc(-c3cccs3)n2)cc1S(=O)(=O)N1CCOCC1. The van der Waals surface area contributed by atoms with E-state index in [4.69, 9.17) is 9.47 Å². The van der Waals surface area contributed by atoms with Gasteiger partial charge in [-0.15, -0.1) is 22.7 Å². The summed E-state index contributed by atoms with van der Waals surface area (Å²) in [7, 11) is -3.80. The number of nitrogens with one attached hydrogen (secondary N) is 1. The molecule has 1 saturated heterocycles. The van der Waals surface area contributed by atoms with Crippen LogP contribution in [0.2, 0.25) is 0 Å². The van der Waals surface area contributed by atoms with Crippen LogP contribution in [0.5, 0.6) is 5.75 Å². The number of thiophene rings is 1. The molecule has 1 aromatic carbocycles. The minimum Gasteiger partial charge on any atom is -0.492 e. The van der Waals surface area contributed by atoms with Crippen LogP contribution in [0, 0.1) is 0 Å². The number of carbonyl (C=O) groups is 1. The fourth-order valence-electron chi connectivity index (χ4n) is 3.07. The highest BCUT2D eigenvalue weighted by molar-refractivity contribution is 7.89. The smallest absolute Gasteiger partial charge is 0.275 e. The Bertz CT molecular complexity index is 1150. The molecule has 2 aromatic heterocycles. The summed E-state index contributed by atoms with van der Waals surface area (Å²) in [4.78, 5) is 18.1. The van der Waals surface area contributed by atoms with Gasteiger partial charge < -0.3 is 14.8 Å². The van der Waals surface area contributed by atoms with Crippen LogP contribution in [0.15, 0.2) is 46.0 Å². The first-order valence-corrected chi connectivity index (χ1v) is 12.8. The standard InChI is InChI=1S/C20H21N3O5S3/c1-2-28-16-6-5-14(12-18(16)31(25,26)23-7-9-27-10-8-23)21-19(24)15-13-30-20(22-15)17-4-3-11-29-17/h3-6,11-13H,2,7-10H2,1H3,(H,21,24). The maximum Gasteiger partial charge on any atom is 0.275 e. The Morgan fingerprint density at radius 1 is 1.26 bits per heavy atom. The third-order valence-corrected chi connectivity index (χ3v) is 8.36. The number of thiazole rings is 1. The number of amides is 1. The first kappa shape index (κ1) is 21.9. The molecule has 3 aromatic rings. The Morgan fingerprint density at radius 2 is 2.06 bits per heavy atom. The molecule has 8 nitrogen and oxygen atoms in total. The molecule has 4 rings (SSSR count). The zero-order chi connectivity index (χ0) is 21.8. The van der Waals surface area contributed by atoms with Crippen LogP contribution in [0.1, 0.15) is 17.4 Å². The van der Waals surface area contributed by atoms with Gasteiger partial charge in [-0.05, 0) is 36.6 Å². The highest BCUT2D eigenvalue weighted by atomic mass is 32.2. The summed E-state index contributed by atoms with van der Waals surface area (Å²) in [5.74, 6) is -0.154. The monoisotopic (exact) mass is 479 g/mol. The number of rotatable bonds is 7. The van der Waals surface area contributed by atoms with Gasteiger partial charge in [0.25, 0.3) is 5.91 Å². The third kappa shape index (κ3) is 4.80. The van der Waals surface area contributed by atoms with Crippen molar-refractivity contribution in [3.8, 4) is 15.6 Å². The molecule has 0 bridgehead atoms. The molecule has 0 aliphatic carbocycles. The van der Waals surface area contributed by atoms with Crippen molar-refractivity contribution in [2.45, 2.75) is 11.8 Å². The number of hydrogen-bond acceptors (Lipinski definition) is 8. The predicted molar refractivity (Wildman–Crippen MR) is 121 cm³/mol. The number of nitrogens with zero attached hydrogens (tertiary/aromatic N) is 2. The maximum absolute atomic E-state index is 13.2. The molecule has 0 radical (unpaired) electrons. The molecule has 31 heavy (non-hydrogen) atoms. The van der Waals surface area contributed by atoms with Gasteiger partial charge in [0.15, 0.2) is 0 Å². The van der Waals surface area contributed by atoms with Crippen molar-refractivity contribution in [3.05, 3.63) is 46.8 Å². The van der Waals surface area contributed by atoms with E-state index in [-0.39, 0.29) is 29.4 Å². The first-order valence-electron chi connectivity index (χ1n) is 9.64. The second kappa shape index (κ2) is 9.45. The number of sulfonamides is 1. The zero-order valence-corrected chi connectivity index (χ0v) is 19.2. The first-order chi connectivity index (χ1) is 15.0. The van der Waals surface area contributed by atoms with Gasteiger partial charge in [-0.2, -0.15) is 4.31 Å². The highest BCUT2D eigenvalue weighted by Crippen LogP contribution is 2.31. The average molecular weight is 480 g/mol. The van der Waals surface area contributed by atoms with Crippen LogP contribution in [-0.2, 0) is 14.8 Å². The minimum atomic E-state index is -3.80. The van der Waals surface area contributed by atoms with Crippen LogP contribution < -0.4 is 10.1 Å². The molecule has 1 N–H and O–H groups in total. The van der Waals surface area contributed by atoms with E-state index < -0.39 is 15.9 Å². The van der Waals surface area contributed by atoms with Gasteiger partial charge in [0.05, 0.1) is 24.7 Å². The summed E-state index contributed by atoms with van der Waals surface area (Å²) in [6.07, 6.45) is 0. The topological polar surface area (TPSA) is 97.8 Å². The van der Waals surface area contributed by atoms with E-state index >= 15 is 0 Å². The lowest BCUT2D eigenvalue weighted by Gasteiger charge is -2.27. The fraction of sp³-hybridized carbons (Fsp3) is 0.300. The number of aromatic nitrogens is 1. The lowest BCUT2D eigenvalue weighted by molar-refractivity contribution is 0.0729. The maximum atomic E-state index is 13.2. The van der Waals surface area contributed by atoms with Crippen molar-refractivity contribution >= 4 is 44.3 Å². The molecule has 164 valence electrons. The Balaban J connectivity index is 1.59. The van der Waals surface area contributed by atoms with E-state index in [1.807, 2.05) is 17.5 Å². The van der Waals surface area contributed by atoms with Crippen LogP contribution in [0.4, 0.5) is 5.69 Å². The van der Waals surface area contributed by atoms with Gasteiger partial charge in [-0.1, -0.05) is 6.07 Å². The summed E-state index contributed by atoms with van der Waals surface area (Å²) in [6, 6.07) is 8.48. The molecule has 0 saturated carbocycles. The van der Waals surface area contributed by atoms with Crippen molar-refractivity contribution in [1.29, 1.82) is 0 Å². The van der Waals surface area contributed by atoms with Gasteiger partial charge >= 0.3 is 0 Å². The number of hydrogen-bond donors (Lipinski definition) is 1. The van der Waals surface area contributed by atoms with Gasteiger partial charge in [-0.25, -0.2) is 13.4 Å². The van der Waals surface area contributed by atoms with Gasteiger partial charge in [0.1, 0.15) is 21.3 Å². The van der Waals surface area contributed by atoms with Crippen LogP contribution in [-0.4, -0.2) is 56.5 Å². The third-order valence-electron chi connectivity index (χ3n) is 4.56. The second-order valence-electron chi connectivity index (χ2n) is 6.58. The number of anilines is 1. The van der Waals surface area contributed by atoms with Crippen molar-refractivity contribution in [2.24, 2.45) is 0 Å². The Hall–Kier alpha value is -2.31. The second-order valence-corrected chi connectivity index (χ2v) is 10.3. The molecular formula is C20H21N3O5S3. The number of ether oxygens (including phenoxy) is 2. The molecule has 0 spiro atoms. The fourth-order valence-corrected chi connectivity index (χ4v) is 6.25. The van der Waals surface area contributed by atoms with Crippen LogP contribution >= 0.6 is 22.7 Å². The molecule has 1 amide bonds. The number of morpholine rings is 1. The summed E-state index contributed by atoms with van der Waals surface area (Å²) in [6.45, 7) is 3.34. The van der Waals surface area contributed by atoms with Crippen LogP contribution in [0.3, 0.4) is 0 Å². The number of carbonyl (C=O) groups excluding carboxylic acids is 1. The van der Waals surface area contributed by atoms with E-state index in [0.717, 1.165) is 9.88 Å². The molecule has 11 heteroatoms. The highest BCUT2D eigenvalue weighted by Gasteiger charge is 2.30. The summed E-state index contributed by atoms with van der Waals surface area (Å²) in [5.41, 5.74) is 0.630. The van der Waals surface area contributed by atoms with Crippen LogP contribution in [0.25, 0.3) is 9.88 Å². The lowest BCUT2D eigenvalue weighted by Crippen LogP contribution is -2.40. The summed E-state index contributed by atoms with van der Waals surface area (Å²) < 4.78 is 38.6. The van der Waals surface area contributed by atoms with Crippen molar-refractivity contribution in [1.82, 2.24) is 9.29 Å². The quantitative estimate of drug-likeness (QED) is 0.557. The molecule has 0 atom stereocenters. The summed E-state index contributed by atoms with van der Waals surface area (Å²) in [5, 5.41) is 7.15. The minimum absolute atomic E-state index is 0.0200. The molecule has 1 aliphatic heterocycles. The average Bonchev–Trinajstić information content (AvgIpc) is 3.47. The van der Waals surface area contributed by atoms with Crippen molar-refractivity contribution < 1.29 is 22.7 Å². The van der Waals surface area contributed by atoms with E-state index in [9.17, 15) is 13.2 Å². The van der Waals surface area contributed by atoms with Gasteiger partial charge in [0.2, 0.25) is 10.0 Å². The Labute approximate surface area is 188 Å². The number of benzene rings is 1. The van der Waals surface area contributed by atoms with Crippen molar-refractivity contribution in [3.63, 3.8) is 0 Å². The van der Waals surface area contributed by atoms with Gasteiger partial charge in [-0.3, -0.25) is 4.79 Å². The van der Waals surface area contributed by atoms with Gasteiger partial charge in [0, 0.05) is 24.2 Å². The Kier molecular flexibility index (Phi) is 6.68. The van der Waals surface area contributed by atoms with Crippen molar-refractivity contribution in [2.75, 3.05) is 38.2 Å². The molecule has 3 heterocycles. The molecule has 1 fully saturated rings. The lowest BCUT2D eigenvalue weighted by atomic mass is 10.3. The zero-order valence-electron chi connectivity index (χ0n) is 16.7. The van der Waals surface area contributed by atoms with E-state index in [2.05, 4.69) is 10.3 Å². The largest absolute Gasteiger partial charge is 0.492 e. The summed E-state index contributed by atoms with van der Waals surface area (Å²) >= 11 is 2.94. The molecular weight excluding hydrogens is 458 g/mol. The van der Waals surface area contributed by atoms with E-state index in [0.29, 0.717) is 25.5 Å². The van der Waals surface area contributed by atoms with E-state index in [1.54, 1.807) is 35.8 Å². The molecule has 1 aliphatic rings. The Morgan fingerprint density at radius 3 is 2.77 bits per heavy atom. The normalized spacial score (nSPS) is 15.0. The molecule has 0 unspecified atom stereocenters.